The van der Waals surface area contributed by atoms with E-state index < -0.39 is 0 Å². The van der Waals surface area contributed by atoms with Crippen LogP contribution in [0.5, 0.6) is 0 Å². The first-order valence-corrected chi connectivity index (χ1v) is 8.46. The van der Waals surface area contributed by atoms with Gasteiger partial charge in [0.05, 0.1) is 18.8 Å². The van der Waals surface area contributed by atoms with Crippen molar-refractivity contribution in [2.24, 2.45) is 0 Å². The van der Waals surface area contributed by atoms with Crippen LogP contribution in [0.3, 0.4) is 0 Å². The highest BCUT2D eigenvalue weighted by Gasteiger charge is 2.26. The van der Waals surface area contributed by atoms with Crippen molar-refractivity contribution in [2.75, 3.05) is 26.3 Å². The van der Waals surface area contributed by atoms with Gasteiger partial charge in [0.2, 0.25) is 5.91 Å². The molecule has 0 radical (unpaired) electrons. The molecule has 1 atom stereocenters. The summed E-state index contributed by atoms with van der Waals surface area (Å²) in [6.07, 6.45) is 4.42. The van der Waals surface area contributed by atoms with E-state index in [1.54, 1.807) is 12.1 Å². The monoisotopic (exact) mass is 321 g/mol. The number of benzene rings is 1. The molecule has 5 heteroatoms. The molecule has 2 heterocycles. The Morgan fingerprint density at radius 2 is 1.91 bits per heavy atom. The lowest BCUT2D eigenvalue weighted by Crippen LogP contribution is -2.42. The average Bonchev–Trinajstić information content (AvgIpc) is 3.08. The van der Waals surface area contributed by atoms with E-state index in [9.17, 15) is 9.18 Å². The Morgan fingerprint density at radius 1 is 1.17 bits per heavy atom. The van der Waals surface area contributed by atoms with Crippen LogP contribution in [0.25, 0.3) is 0 Å². The number of carbonyl (C=O) groups excluding carboxylic acids is 1. The second kappa shape index (κ2) is 7.88. The number of aryl methyl sites for hydroxylation is 1. The summed E-state index contributed by atoms with van der Waals surface area (Å²) >= 11 is 0. The molecule has 0 saturated carbocycles. The smallest absolute Gasteiger partial charge is 0.222 e. The zero-order chi connectivity index (χ0) is 16.1. The van der Waals surface area contributed by atoms with Crippen molar-refractivity contribution in [3.63, 3.8) is 0 Å². The largest absolute Gasteiger partial charge is 0.379 e. The highest BCUT2D eigenvalue weighted by molar-refractivity contribution is 5.76. The van der Waals surface area contributed by atoms with Crippen molar-refractivity contribution in [1.82, 2.24) is 4.90 Å². The number of amides is 1. The quantitative estimate of drug-likeness (QED) is 0.836. The molecular formula is C18H24FNO3. The van der Waals surface area contributed by atoms with Crippen LogP contribution in [-0.2, 0) is 20.7 Å². The van der Waals surface area contributed by atoms with E-state index in [0.29, 0.717) is 19.4 Å². The molecule has 2 fully saturated rings. The minimum absolute atomic E-state index is 0.178. The standard InChI is InChI=1S/C18H24FNO3/c19-15-4-1-14(2-5-15)3-6-18(21)20-10-7-16(8-11-20)23-17-9-12-22-13-17/h1-2,4-5,16-17H,3,6-13H2/t17-/m1/s1. The predicted molar refractivity (Wildman–Crippen MR) is 84.6 cm³/mol. The number of halogens is 1. The zero-order valence-corrected chi connectivity index (χ0v) is 13.4. The molecule has 126 valence electrons. The van der Waals surface area contributed by atoms with Crippen LogP contribution < -0.4 is 0 Å². The molecule has 1 amide bonds. The first-order chi connectivity index (χ1) is 11.2. The molecular weight excluding hydrogens is 297 g/mol. The Morgan fingerprint density at radius 3 is 2.57 bits per heavy atom. The SMILES string of the molecule is O=C(CCc1ccc(F)cc1)N1CCC(O[C@@H]2CCOC2)CC1. The molecule has 2 saturated heterocycles. The summed E-state index contributed by atoms with van der Waals surface area (Å²) in [4.78, 5) is 14.2. The van der Waals surface area contributed by atoms with E-state index in [1.807, 2.05) is 4.90 Å². The van der Waals surface area contributed by atoms with Gasteiger partial charge in [-0.15, -0.1) is 0 Å². The fourth-order valence-electron chi connectivity index (χ4n) is 3.19. The van der Waals surface area contributed by atoms with Gasteiger partial charge in [0.15, 0.2) is 0 Å². The van der Waals surface area contributed by atoms with Crippen molar-refractivity contribution in [3.05, 3.63) is 35.6 Å². The maximum absolute atomic E-state index is 12.9. The van der Waals surface area contributed by atoms with E-state index in [2.05, 4.69) is 0 Å². The third kappa shape index (κ3) is 4.75. The van der Waals surface area contributed by atoms with E-state index in [4.69, 9.17) is 9.47 Å². The van der Waals surface area contributed by atoms with E-state index in [-0.39, 0.29) is 23.9 Å². The molecule has 1 aromatic rings. The second-order valence-electron chi connectivity index (χ2n) is 6.33. The Bertz CT molecular complexity index is 506. The van der Waals surface area contributed by atoms with Crippen molar-refractivity contribution < 1.29 is 18.7 Å². The number of hydrogen-bond donors (Lipinski definition) is 0. The molecule has 0 N–H and O–H groups in total. The van der Waals surface area contributed by atoms with Gasteiger partial charge in [-0.25, -0.2) is 4.39 Å². The summed E-state index contributed by atoms with van der Waals surface area (Å²) in [5.74, 6) is -0.0632. The van der Waals surface area contributed by atoms with Crippen LogP contribution in [-0.4, -0.2) is 49.3 Å². The minimum atomic E-state index is -0.241. The number of rotatable bonds is 5. The fraction of sp³-hybridized carbons (Fsp3) is 0.611. The molecule has 23 heavy (non-hydrogen) atoms. The van der Waals surface area contributed by atoms with Gasteiger partial charge < -0.3 is 14.4 Å². The third-order valence-electron chi connectivity index (χ3n) is 4.61. The van der Waals surface area contributed by atoms with Crippen LogP contribution >= 0.6 is 0 Å². The molecule has 3 rings (SSSR count). The summed E-state index contributed by atoms with van der Waals surface area (Å²) in [5.41, 5.74) is 0.999. The molecule has 1 aromatic carbocycles. The molecule has 2 aliphatic rings. The molecule has 4 nitrogen and oxygen atoms in total. The number of carbonyl (C=O) groups is 1. The van der Waals surface area contributed by atoms with Crippen LogP contribution in [0.2, 0.25) is 0 Å². The van der Waals surface area contributed by atoms with Crippen molar-refractivity contribution in [3.8, 4) is 0 Å². The molecule has 0 unspecified atom stereocenters. The molecule has 0 bridgehead atoms. The number of likely N-dealkylation sites (tertiary alicyclic amines) is 1. The summed E-state index contributed by atoms with van der Waals surface area (Å²) in [5, 5.41) is 0. The van der Waals surface area contributed by atoms with Gasteiger partial charge in [-0.3, -0.25) is 4.79 Å². The average molecular weight is 321 g/mol. The summed E-state index contributed by atoms with van der Waals surface area (Å²) in [6, 6.07) is 6.36. The van der Waals surface area contributed by atoms with Crippen LogP contribution in [0.15, 0.2) is 24.3 Å². The lowest BCUT2D eigenvalue weighted by molar-refractivity contribution is -0.134. The van der Waals surface area contributed by atoms with Crippen LogP contribution in [0.4, 0.5) is 4.39 Å². The van der Waals surface area contributed by atoms with Gasteiger partial charge in [0.25, 0.3) is 0 Å². The first-order valence-electron chi connectivity index (χ1n) is 8.46. The van der Waals surface area contributed by atoms with Crippen molar-refractivity contribution >= 4 is 5.91 Å². The number of nitrogens with zero attached hydrogens (tertiary/aromatic N) is 1. The van der Waals surface area contributed by atoms with Gasteiger partial charge in [-0.2, -0.15) is 0 Å². The van der Waals surface area contributed by atoms with Crippen molar-refractivity contribution in [1.29, 1.82) is 0 Å². The normalized spacial score (nSPS) is 22.5. The number of hydrogen-bond acceptors (Lipinski definition) is 3. The summed E-state index contributed by atoms with van der Waals surface area (Å²) in [7, 11) is 0. The Kier molecular flexibility index (Phi) is 5.62. The lowest BCUT2D eigenvalue weighted by Gasteiger charge is -2.33. The summed E-state index contributed by atoms with van der Waals surface area (Å²) < 4.78 is 24.2. The minimum Gasteiger partial charge on any atom is -0.379 e. The zero-order valence-electron chi connectivity index (χ0n) is 13.4. The molecule has 0 aromatic heterocycles. The predicted octanol–water partition coefficient (Wildman–Crippen LogP) is 2.55. The maximum atomic E-state index is 12.9. The van der Waals surface area contributed by atoms with Gasteiger partial charge in [0.1, 0.15) is 5.82 Å². The molecule has 0 aliphatic carbocycles. The second-order valence-corrected chi connectivity index (χ2v) is 6.33. The third-order valence-corrected chi connectivity index (χ3v) is 4.61. The van der Waals surface area contributed by atoms with E-state index >= 15 is 0 Å². The highest BCUT2D eigenvalue weighted by atomic mass is 19.1. The highest BCUT2D eigenvalue weighted by Crippen LogP contribution is 2.20. The Hall–Kier alpha value is -1.46. The van der Waals surface area contributed by atoms with Crippen LogP contribution in [0, 0.1) is 5.82 Å². The molecule has 0 spiro atoms. The fourth-order valence-corrected chi connectivity index (χ4v) is 3.19. The summed E-state index contributed by atoms with van der Waals surface area (Å²) in [6.45, 7) is 3.03. The topological polar surface area (TPSA) is 38.8 Å². The van der Waals surface area contributed by atoms with E-state index in [0.717, 1.165) is 44.5 Å². The van der Waals surface area contributed by atoms with Gasteiger partial charge >= 0.3 is 0 Å². The number of ether oxygens (including phenoxy) is 2. The Labute approximate surface area is 136 Å². The van der Waals surface area contributed by atoms with Crippen molar-refractivity contribution in [2.45, 2.75) is 44.3 Å². The number of piperidine rings is 1. The van der Waals surface area contributed by atoms with Gasteiger partial charge in [-0.05, 0) is 43.4 Å². The van der Waals surface area contributed by atoms with Crippen LogP contribution in [0.1, 0.15) is 31.2 Å². The lowest BCUT2D eigenvalue weighted by atomic mass is 10.1. The maximum Gasteiger partial charge on any atom is 0.222 e. The van der Waals surface area contributed by atoms with Gasteiger partial charge in [-0.1, -0.05) is 12.1 Å². The molecule has 2 aliphatic heterocycles. The van der Waals surface area contributed by atoms with E-state index in [1.165, 1.54) is 12.1 Å². The first kappa shape index (κ1) is 16.4. The Balaban J connectivity index is 1.38. The van der Waals surface area contributed by atoms with Gasteiger partial charge in [0, 0.05) is 26.1 Å².